The first-order valence-electron chi connectivity index (χ1n) is 5.65. The highest BCUT2D eigenvalue weighted by Crippen LogP contribution is 2.31. The second-order valence-corrected chi connectivity index (χ2v) is 4.12. The van der Waals surface area contributed by atoms with Crippen LogP contribution in [0, 0.1) is 0 Å². The summed E-state index contributed by atoms with van der Waals surface area (Å²) >= 11 is 0. The number of nitrogens with one attached hydrogen (secondary N) is 1. The predicted octanol–water partition coefficient (Wildman–Crippen LogP) is -0.206. The molecule has 0 saturated carbocycles. The van der Waals surface area contributed by atoms with Gasteiger partial charge in [0.25, 0.3) is 5.91 Å². The van der Waals surface area contributed by atoms with Crippen molar-refractivity contribution in [3.63, 3.8) is 0 Å². The first-order valence-corrected chi connectivity index (χ1v) is 5.65. The number of ether oxygens (including phenoxy) is 1. The monoisotopic (exact) mass is 253 g/mol. The molecule has 6 nitrogen and oxygen atoms in total. The van der Waals surface area contributed by atoms with Crippen molar-refractivity contribution in [3.8, 4) is 5.75 Å². The van der Waals surface area contributed by atoms with E-state index in [1.165, 1.54) is 0 Å². The quantitative estimate of drug-likeness (QED) is 0.595. The Hall–Kier alpha value is -1.63. The maximum absolute atomic E-state index is 11.2. The van der Waals surface area contributed by atoms with Crippen molar-refractivity contribution in [2.75, 3.05) is 18.5 Å². The van der Waals surface area contributed by atoms with Crippen molar-refractivity contribution < 1.29 is 24.9 Å². The molecule has 0 saturated heterocycles. The minimum Gasteiger partial charge on any atom is -0.482 e. The number of hydrogen-bond acceptors (Lipinski definition) is 5. The van der Waals surface area contributed by atoms with Gasteiger partial charge in [0.05, 0.1) is 11.8 Å². The van der Waals surface area contributed by atoms with E-state index in [4.69, 9.17) is 9.84 Å². The molecule has 18 heavy (non-hydrogen) atoms. The molecule has 0 aliphatic carbocycles. The lowest BCUT2D eigenvalue weighted by Crippen LogP contribution is -2.26. The predicted molar refractivity (Wildman–Crippen MR) is 63.2 cm³/mol. The summed E-state index contributed by atoms with van der Waals surface area (Å²) in [7, 11) is 0. The molecule has 0 bridgehead atoms. The standard InChI is InChI=1S/C12H15NO5/c14-4-3-9(15)12(17)7-1-2-10-8(5-7)13-11(16)6-18-10/h1-2,5,9,12,14-15,17H,3-4,6H2,(H,13,16). The van der Waals surface area contributed by atoms with Crippen molar-refractivity contribution >= 4 is 11.6 Å². The minimum atomic E-state index is -1.11. The van der Waals surface area contributed by atoms with Crippen LogP contribution in [0.2, 0.25) is 0 Å². The highest BCUT2D eigenvalue weighted by atomic mass is 16.5. The maximum atomic E-state index is 11.2. The van der Waals surface area contributed by atoms with Gasteiger partial charge >= 0.3 is 0 Å². The Morgan fingerprint density at radius 1 is 1.39 bits per heavy atom. The fraction of sp³-hybridized carbons (Fsp3) is 0.417. The molecule has 1 aromatic rings. The van der Waals surface area contributed by atoms with Gasteiger partial charge in [-0.15, -0.1) is 0 Å². The van der Waals surface area contributed by atoms with E-state index in [1.807, 2.05) is 0 Å². The maximum Gasteiger partial charge on any atom is 0.262 e. The number of amides is 1. The van der Waals surface area contributed by atoms with Crippen molar-refractivity contribution in [1.29, 1.82) is 0 Å². The van der Waals surface area contributed by atoms with Crippen LogP contribution in [0.4, 0.5) is 5.69 Å². The second-order valence-electron chi connectivity index (χ2n) is 4.12. The molecule has 0 aromatic heterocycles. The van der Waals surface area contributed by atoms with E-state index < -0.39 is 12.2 Å². The van der Waals surface area contributed by atoms with E-state index in [0.717, 1.165) is 0 Å². The lowest BCUT2D eigenvalue weighted by molar-refractivity contribution is -0.118. The number of anilines is 1. The summed E-state index contributed by atoms with van der Waals surface area (Å²) in [5.41, 5.74) is 0.930. The van der Waals surface area contributed by atoms with E-state index in [2.05, 4.69) is 5.32 Å². The molecule has 0 spiro atoms. The van der Waals surface area contributed by atoms with E-state index in [1.54, 1.807) is 18.2 Å². The number of carbonyl (C=O) groups is 1. The average Bonchev–Trinajstić information content (AvgIpc) is 2.37. The molecule has 1 aliphatic rings. The van der Waals surface area contributed by atoms with Gasteiger partial charge in [0.15, 0.2) is 6.61 Å². The number of carbonyl (C=O) groups excluding carboxylic acids is 1. The largest absolute Gasteiger partial charge is 0.482 e. The lowest BCUT2D eigenvalue weighted by atomic mass is 10.0. The zero-order valence-corrected chi connectivity index (χ0v) is 9.67. The summed E-state index contributed by atoms with van der Waals surface area (Å²) in [6, 6.07) is 4.79. The number of aliphatic hydroxyl groups is 3. The average molecular weight is 253 g/mol. The third kappa shape index (κ3) is 2.61. The molecular formula is C12H15NO5. The Labute approximate surface area is 104 Å². The van der Waals surface area contributed by atoms with Crippen molar-refractivity contribution in [1.82, 2.24) is 0 Å². The zero-order valence-electron chi connectivity index (χ0n) is 9.67. The van der Waals surface area contributed by atoms with Gasteiger partial charge in [-0.3, -0.25) is 4.79 Å². The lowest BCUT2D eigenvalue weighted by Gasteiger charge is -2.21. The molecule has 6 heteroatoms. The molecule has 1 amide bonds. The molecule has 0 fully saturated rings. The van der Waals surface area contributed by atoms with Crippen LogP contribution in [0.5, 0.6) is 5.75 Å². The Morgan fingerprint density at radius 3 is 2.89 bits per heavy atom. The molecule has 2 rings (SSSR count). The number of aliphatic hydroxyl groups excluding tert-OH is 3. The Kier molecular flexibility index (Phi) is 3.81. The number of rotatable bonds is 4. The van der Waals surface area contributed by atoms with Crippen LogP contribution in [0.1, 0.15) is 18.1 Å². The fourth-order valence-electron chi connectivity index (χ4n) is 1.80. The molecule has 2 atom stereocenters. The summed E-state index contributed by atoms with van der Waals surface area (Å²) in [4.78, 5) is 11.2. The second kappa shape index (κ2) is 5.34. The summed E-state index contributed by atoms with van der Waals surface area (Å²) in [6.45, 7) is -0.231. The fourth-order valence-corrected chi connectivity index (χ4v) is 1.80. The zero-order chi connectivity index (χ0) is 13.1. The van der Waals surface area contributed by atoms with Crippen LogP contribution in [0.3, 0.4) is 0 Å². The summed E-state index contributed by atoms with van der Waals surface area (Å²) in [6.07, 6.45) is -2.07. The summed E-state index contributed by atoms with van der Waals surface area (Å²) < 4.78 is 5.18. The molecule has 98 valence electrons. The molecule has 4 N–H and O–H groups in total. The molecule has 1 aliphatic heterocycles. The van der Waals surface area contributed by atoms with Crippen LogP contribution in [-0.4, -0.2) is 40.5 Å². The number of benzene rings is 1. The van der Waals surface area contributed by atoms with Gasteiger partial charge < -0.3 is 25.4 Å². The third-order valence-corrected chi connectivity index (χ3v) is 2.77. The van der Waals surface area contributed by atoms with Crippen LogP contribution >= 0.6 is 0 Å². The summed E-state index contributed by atoms with van der Waals surface area (Å²) in [5, 5.41) is 30.8. The first kappa shape index (κ1) is 12.8. The smallest absolute Gasteiger partial charge is 0.262 e. The number of hydrogen-bond donors (Lipinski definition) is 4. The van der Waals surface area contributed by atoms with Crippen molar-refractivity contribution in [3.05, 3.63) is 23.8 Å². The number of fused-ring (bicyclic) bond motifs is 1. The van der Waals surface area contributed by atoms with Gasteiger partial charge in [-0.2, -0.15) is 0 Å². The molecule has 2 unspecified atom stereocenters. The van der Waals surface area contributed by atoms with E-state index in [0.29, 0.717) is 17.0 Å². The van der Waals surface area contributed by atoms with Gasteiger partial charge in [-0.05, 0) is 24.1 Å². The van der Waals surface area contributed by atoms with Crippen LogP contribution < -0.4 is 10.1 Å². The topological polar surface area (TPSA) is 99.0 Å². The van der Waals surface area contributed by atoms with Crippen molar-refractivity contribution in [2.45, 2.75) is 18.6 Å². The molecule has 0 radical (unpaired) electrons. The van der Waals surface area contributed by atoms with E-state index >= 15 is 0 Å². The van der Waals surface area contributed by atoms with Crippen LogP contribution in [0.15, 0.2) is 18.2 Å². The van der Waals surface area contributed by atoms with Gasteiger partial charge in [0.1, 0.15) is 11.9 Å². The first-order chi connectivity index (χ1) is 8.61. The van der Waals surface area contributed by atoms with Gasteiger partial charge in [-0.25, -0.2) is 0 Å². The minimum absolute atomic E-state index is 0.0258. The highest BCUT2D eigenvalue weighted by molar-refractivity contribution is 5.95. The Bertz CT molecular complexity index is 448. The van der Waals surface area contributed by atoms with E-state index in [-0.39, 0.29) is 25.5 Å². The SMILES string of the molecule is O=C1COc2ccc(C(O)C(O)CCO)cc2N1. The normalized spacial score (nSPS) is 17.4. The third-order valence-electron chi connectivity index (χ3n) is 2.77. The van der Waals surface area contributed by atoms with Gasteiger partial charge in [0.2, 0.25) is 0 Å². The van der Waals surface area contributed by atoms with Crippen molar-refractivity contribution in [2.24, 2.45) is 0 Å². The highest BCUT2D eigenvalue weighted by Gasteiger charge is 2.21. The van der Waals surface area contributed by atoms with Gasteiger partial charge in [0, 0.05) is 6.61 Å². The Balaban J connectivity index is 2.20. The van der Waals surface area contributed by atoms with Crippen LogP contribution in [-0.2, 0) is 4.79 Å². The van der Waals surface area contributed by atoms with Crippen LogP contribution in [0.25, 0.3) is 0 Å². The molecule has 1 aromatic carbocycles. The van der Waals surface area contributed by atoms with Gasteiger partial charge in [-0.1, -0.05) is 6.07 Å². The molecule has 1 heterocycles. The summed E-state index contributed by atoms with van der Waals surface area (Å²) in [5.74, 6) is 0.271. The molecular weight excluding hydrogens is 238 g/mol. The van der Waals surface area contributed by atoms with E-state index in [9.17, 15) is 15.0 Å². The Morgan fingerprint density at radius 2 is 2.17 bits per heavy atom.